The van der Waals surface area contributed by atoms with Gasteiger partial charge in [0.15, 0.2) is 0 Å². The predicted octanol–water partition coefficient (Wildman–Crippen LogP) is 0.661. The quantitative estimate of drug-likeness (QED) is 0.621. The molecule has 0 radical (unpaired) electrons. The molecule has 102 valence electrons. The molecule has 1 aliphatic heterocycles. The Morgan fingerprint density at radius 2 is 2.37 bits per heavy atom. The molecular formula is C11H12FN3O4. The van der Waals surface area contributed by atoms with Crippen molar-refractivity contribution < 1.29 is 18.8 Å². The summed E-state index contributed by atoms with van der Waals surface area (Å²) in [6.45, 7) is 1.20. The number of anilines is 1. The van der Waals surface area contributed by atoms with Gasteiger partial charge in [0.2, 0.25) is 5.91 Å². The van der Waals surface area contributed by atoms with Crippen molar-refractivity contribution in [3.8, 4) is 0 Å². The van der Waals surface area contributed by atoms with Crippen LogP contribution in [0.3, 0.4) is 0 Å². The van der Waals surface area contributed by atoms with E-state index in [1.54, 1.807) is 0 Å². The molecule has 8 heteroatoms. The molecule has 1 aromatic rings. The highest BCUT2D eigenvalue weighted by Gasteiger charge is 2.24. The van der Waals surface area contributed by atoms with Gasteiger partial charge in [-0.2, -0.15) is 0 Å². The Labute approximate surface area is 107 Å². The highest BCUT2D eigenvalue weighted by molar-refractivity contribution is 5.96. The van der Waals surface area contributed by atoms with Crippen LogP contribution in [0.25, 0.3) is 0 Å². The number of nitro groups is 1. The summed E-state index contributed by atoms with van der Waals surface area (Å²) in [7, 11) is 0. The fourth-order valence-electron chi connectivity index (χ4n) is 1.72. The number of ether oxygens (including phenoxy) is 1. The molecule has 0 aliphatic carbocycles. The summed E-state index contributed by atoms with van der Waals surface area (Å²) in [5, 5.41) is 16.0. The highest BCUT2D eigenvalue weighted by Crippen LogP contribution is 2.25. The van der Waals surface area contributed by atoms with Crippen molar-refractivity contribution in [3.05, 3.63) is 34.1 Å². The Kier molecular flexibility index (Phi) is 4.03. The van der Waals surface area contributed by atoms with Crippen LogP contribution in [-0.4, -0.2) is 36.6 Å². The number of morpholine rings is 1. The molecule has 0 saturated carbocycles. The second-order valence-electron chi connectivity index (χ2n) is 3.99. The third kappa shape index (κ3) is 3.24. The molecule has 0 aromatic heterocycles. The molecule has 1 unspecified atom stereocenters. The maximum absolute atomic E-state index is 13.1. The van der Waals surface area contributed by atoms with Crippen LogP contribution >= 0.6 is 0 Å². The van der Waals surface area contributed by atoms with E-state index < -0.39 is 22.7 Å². The molecule has 2 N–H and O–H groups in total. The molecule has 19 heavy (non-hydrogen) atoms. The number of hydrogen-bond donors (Lipinski definition) is 2. The molecule has 1 fully saturated rings. The van der Waals surface area contributed by atoms with E-state index in [1.807, 2.05) is 0 Å². The zero-order chi connectivity index (χ0) is 13.8. The van der Waals surface area contributed by atoms with Gasteiger partial charge < -0.3 is 15.4 Å². The van der Waals surface area contributed by atoms with E-state index in [4.69, 9.17) is 4.74 Å². The Hall–Kier alpha value is -2.06. The summed E-state index contributed by atoms with van der Waals surface area (Å²) in [5.41, 5.74) is -0.520. The topological polar surface area (TPSA) is 93.5 Å². The summed E-state index contributed by atoms with van der Waals surface area (Å²) in [4.78, 5) is 22.0. The van der Waals surface area contributed by atoms with Gasteiger partial charge in [0.1, 0.15) is 17.5 Å². The average molecular weight is 269 g/mol. The summed E-state index contributed by atoms with van der Waals surface area (Å²) in [6.07, 6.45) is 0. The summed E-state index contributed by atoms with van der Waals surface area (Å²) in [5.74, 6) is -1.15. The molecule has 1 aliphatic rings. The van der Waals surface area contributed by atoms with Crippen molar-refractivity contribution in [3.63, 3.8) is 0 Å². The van der Waals surface area contributed by atoms with E-state index in [0.29, 0.717) is 13.2 Å². The van der Waals surface area contributed by atoms with Gasteiger partial charge in [-0.15, -0.1) is 0 Å². The number of nitro benzene ring substituents is 1. The number of carbonyl (C=O) groups is 1. The van der Waals surface area contributed by atoms with Crippen LogP contribution in [0.5, 0.6) is 0 Å². The van der Waals surface area contributed by atoms with Gasteiger partial charge in [-0.05, 0) is 6.07 Å². The fourth-order valence-corrected chi connectivity index (χ4v) is 1.72. The number of carbonyl (C=O) groups excluding carboxylic acids is 1. The van der Waals surface area contributed by atoms with Crippen molar-refractivity contribution in [1.82, 2.24) is 5.32 Å². The zero-order valence-corrected chi connectivity index (χ0v) is 9.89. The van der Waals surface area contributed by atoms with Crippen LogP contribution in [0.2, 0.25) is 0 Å². The lowest BCUT2D eigenvalue weighted by Gasteiger charge is -2.22. The van der Waals surface area contributed by atoms with E-state index in [-0.39, 0.29) is 18.0 Å². The zero-order valence-electron chi connectivity index (χ0n) is 9.89. The summed E-state index contributed by atoms with van der Waals surface area (Å²) < 4.78 is 18.2. The molecule has 2 rings (SSSR count). The minimum atomic E-state index is -0.681. The third-order valence-corrected chi connectivity index (χ3v) is 2.65. The van der Waals surface area contributed by atoms with E-state index in [2.05, 4.69) is 10.6 Å². The SMILES string of the molecule is O=C(Nc1cc(F)ccc1[N+](=O)[O-])C1COCCN1. The number of hydrogen-bond acceptors (Lipinski definition) is 5. The molecular weight excluding hydrogens is 257 g/mol. The second kappa shape index (κ2) is 5.72. The summed E-state index contributed by atoms with van der Waals surface area (Å²) >= 11 is 0. The van der Waals surface area contributed by atoms with Crippen LogP contribution in [0, 0.1) is 15.9 Å². The van der Waals surface area contributed by atoms with Crippen LogP contribution < -0.4 is 10.6 Å². The van der Waals surface area contributed by atoms with Gasteiger partial charge in [0.25, 0.3) is 5.69 Å². The lowest BCUT2D eigenvalue weighted by atomic mass is 10.2. The lowest BCUT2D eigenvalue weighted by molar-refractivity contribution is -0.384. The average Bonchev–Trinajstić information content (AvgIpc) is 2.39. The number of nitrogens with one attached hydrogen (secondary N) is 2. The van der Waals surface area contributed by atoms with Crippen molar-refractivity contribution >= 4 is 17.3 Å². The number of benzene rings is 1. The monoisotopic (exact) mass is 269 g/mol. The van der Waals surface area contributed by atoms with Gasteiger partial charge in [-0.25, -0.2) is 4.39 Å². The smallest absolute Gasteiger partial charge is 0.292 e. The number of halogens is 1. The third-order valence-electron chi connectivity index (χ3n) is 2.65. The van der Waals surface area contributed by atoms with E-state index in [1.165, 1.54) is 0 Å². The van der Waals surface area contributed by atoms with Gasteiger partial charge >= 0.3 is 0 Å². The molecule has 1 saturated heterocycles. The molecule has 1 heterocycles. The molecule has 0 bridgehead atoms. The molecule has 7 nitrogen and oxygen atoms in total. The molecule has 1 aromatic carbocycles. The van der Waals surface area contributed by atoms with Crippen molar-refractivity contribution in [2.45, 2.75) is 6.04 Å². The minimum Gasteiger partial charge on any atom is -0.378 e. The molecule has 1 amide bonds. The summed E-state index contributed by atoms with van der Waals surface area (Å²) in [6, 6.07) is 2.29. The van der Waals surface area contributed by atoms with Gasteiger partial charge in [-0.3, -0.25) is 14.9 Å². The maximum Gasteiger partial charge on any atom is 0.292 e. The molecule has 0 spiro atoms. The van der Waals surface area contributed by atoms with E-state index in [9.17, 15) is 19.3 Å². The van der Waals surface area contributed by atoms with Crippen molar-refractivity contribution in [1.29, 1.82) is 0 Å². The number of nitrogens with zero attached hydrogens (tertiary/aromatic N) is 1. The predicted molar refractivity (Wildman–Crippen MR) is 64.3 cm³/mol. The first-order chi connectivity index (χ1) is 9.08. The second-order valence-corrected chi connectivity index (χ2v) is 3.99. The lowest BCUT2D eigenvalue weighted by Crippen LogP contribution is -2.48. The van der Waals surface area contributed by atoms with Gasteiger partial charge in [0.05, 0.1) is 18.1 Å². The van der Waals surface area contributed by atoms with Crippen LogP contribution in [-0.2, 0) is 9.53 Å². The first-order valence-electron chi connectivity index (χ1n) is 5.64. The van der Waals surface area contributed by atoms with E-state index in [0.717, 1.165) is 18.2 Å². The maximum atomic E-state index is 13.1. The van der Waals surface area contributed by atoms with Gasteiger partial charge in [0, 0.05) is 18.7 Å². The number of amides is 1. The van der Waals surface area contributed by atoms with Crippen LogP contribution in [0.1, 0.15) is 0 Å². The normalized spacial score (nSPS) is 18.9. The Morgan fingerprint density at radius 1 is 1.58 bits per heavy atom. The van der Waals surface area contributed by atoms with Crippen molar-refractivity contribution in [2.75, 3.05) is 25.1 Å². The Morgan fingerprint density at radius 3 is 3.00 bits per heavy atom. The number of rotatable bonds is 3. The van der Waals surface area contributed by atoms with E-state index >= 15 is 0 Å². The Balaban J connectivity index is 2.15. The molecule has 1 atom stereocenters. The van der Waals surface area contributed by atoms with Gasteiger partial charge in [-0.1, -0.05) is 0 Å². The minimum absolute atomic E-state index is 0.164. The fraction of sp³-hybridized carbons (Fsp3) is 0.364. The first-order valence-corrected chi connectivity index (χ1v) is 5.64. The largest absolute Gasteiger partial charge is 0.378 e. The first kappa shape index (κ1) is 13.4. The highest BCUT2D eigenvalue weighted by atomic mass is 19.1. The van der Waals surface area contributed by atoms with Crippen LogP contribution in [0.4, 0.5) is 15.8 Å². The van der Waals surface area contributed by atoms with Crippen molar-refractivity contribution in [2.24, 2.45) is 0 Å². The standard InChI is InChI=1S/C11H12FN3O4/c12-7-1-2-10(15(17)18)8(5-7)14-11(16)9-6-19-4-3-13-9/h1-2,5,9,13H,3-4,6H2,(H,14,16). The Bertz CT molecular complexity index is 503. The van der Waals surface area contributed by atoms with Crippen LogP contribution in [0.15, 0.2) is 18.2 Å².